The molecule has 3 rings (SSSR count). The van der Waals surface area contributed by atoms with Crippen molar-refractivity contribution in [2.75, 3.05) is 6.61 Å². The van der Waals surface area contributed by atoms with Crippen molar-refractivity contribution in [2.24, 2.45) is 0 Å². The van der Waals surface area contributed by atoms with E-state index in [2.05, 4.69) is 22.1 Å². The van der Waals surface area contributed by atoms with Crippen molar-refractivity contribution in [3.63, 3.8) is 0 Å². The molecule has 1 unspecified atom stereocenters. The quantitative estimate of drug-likeness (QED) is 0.562. The second kappa shape index (κ2) is 9.37. The zero-order chi connectivity index (χ0) is 22.5. The summed E-state index contributed by atoms with van der Waals surface area (Å²) in [4.78, 5) is 17.0. The lowest BCUT2D eigenvalue weighted by molar-refractivity contribution is 0.0937. The van der Waals surface area contributed by atoms with Crippen molar-refractivity contribution in [3.8, 4) is 17.6 Å². The van der Waals surface area contributed by atoms with Gasteiger partial charge in [0.05, 0.1) is 17.3 Å². The van der Waals surface area contributed by atoms with E-state index < -0.39 is 30.2 Å². The summed E-state index contributed by atoms with van der Waals surface area (Å²) in [7, 11) is 0. The summed E-state index contributed by atoms with van der Waals surface area (Å²) >= 11 is 0. The average Bonchev–Trinajstić information content (AvgIpc) is 2.75. The summed E-state index contributed by atoms with van der Waals surface area (Å²) in [6, 6.07) is 10.9. The van der Waals surface area contributed by atoms with Crippen molar-refractivity contribution in [3.05, 3.63) is 93.8 Å². The third-order valence-corrected chi connectivity index (χ3v) is 4.64. The maximum absolute atomic E-state index is 14.2. The van der Waals surface area contributed by atoms with E-state index in [4.69, 9.17) is 5.11 Å². The normalized spacial score (nSPS) is 11.4. The van der Waals surface area contributed by atoms with Crippen LogP contribution >= 0.6 is 0 Å². The smallest absolute Gasteiger partial charge is 0.270 e. The second-order valence-electron chi connectivity index (χ2n) is 6.93. The van der Waals surface area contributed by atoms with Crippen LogP contribution in [-0.2, 0) is 0 Å². The van der Waals surface area contributed by atoms with E-state index in [1.807, 2.05) is 19.1 Å². The van der Waals surface area contributed by atoms with Crippen LogP contribution in [0.25, 0.3) is 0 Å². The molecule has 1 amide bonds. The van der Waals surface area contributed by atoms with Crippen LogP contribution in [0.15, 0.2) is 48.5 Å². The number of carbonyl (C=O) groups excluding carboxylic acids is 1. The molecule has 1 aromatic heterocycles. The van der Waals surface area contributed by atoms with Gasteiger partial charge in [0.25, 0.3) is 5.91 Å². The first-order valence-corrected chi connectivity index (χ1v) is 9.43. The van der Waals surface area contributed by atoms with Crippen LogP contribution in [0.1, 0.15) is 44.5 Å². The number of halogens is 2. The van der Waals surface area contributed by atoms with Gasteiger partial charge in [-0.05, 0) is 43.7 Å². The highest BCUT2D eigenvalue weighted by Crippen LogP contribution is 2.30. The van der Waals surface area contributed by atoms with Crippen LogP contribution < -0.4 is 5.32 Å². The van der Waals surface area contributed by atoms with Crippen molar-refractivity contribution in [1.82, 2.24) is 10.3 Å². The lowest BCUT2D eigenvalue weighted by Gasteiger charge is -2.21. The summed E-state index contributed by atoms with van der Waals surface area (Å²) in [6.45, 7) is 2.83. The number of benzene rings is 2. The van der Waals surface area contributed by atoms with E-state index in [-0.39, 0.29) is 28.3 Å². The molecule has 0 fully saturated rings. The van der Waals surface area contributed by atoms with E-state index in [9.17, 15) is 18.7 Å². The number of hydrogen-bond acceptors (Lipinski definition) is 4. The van der Waals surface area contributed by atoms with E-state index in [1.54, 1.807) is 12.1 Å². The molecule has 0 aliphatic carbocycles. The standard InChI is InChI=1S/C24H20F2N2O3/c1-14-5-7-16(8-6-14)23(19-13-18(25)9-10-21(19)30)28-24(31)20-12-17(4-3-11-29)22(26)15(2)27-20/h5-10,12-13,23,29-30H,11H2,1-2H3,(H,28,31). The SMILES string of the molecule is Cc1ccc(C(NC(=O)c2cc(C#CCO)c(F)c(C)n2)c2cc(F)ccc2O)cc1. The summed E-state index contributed by atoms with van der Waals surface area (Å²) in [6.07, 6.45) is 0. The fraction of sp³-hybridized carbons (Fsp3) is 0.167. The summed E-state index contributed by atoms with van der Waals surface area (Å²) in [5, 5.41) is 21.9. The molecule has 0 aliphatic heterocycles. The molecule has 31 heavy (non-hydrogen) atoms. The summed E-state index contributed by atoms with van der Waals surface area (Å²) in [5.74, 6) is 2.69. The maximum Gasteiger partial charge on any atom is 0.270 e. The predicted octanol–water partition coefficient (Wildman–Crippen LogP) is 3.55. The zero-order valence-corrected chi connectivity index (χ0v) is 16.9. The van der Waals surface area contributed by atoms with Crippen LogP contribution in [0.3, 0.4) is 0 Å². The van der Waals surface area contributed by atoms with Gasteiger partial charge in [0.15, 0.2) is 5.82 Å². The molecular formula is C24H20F2N2O3. The highest BCUT2D eigenvalue weighted by Gasteiger charge is 2.23. The number of carbonyl (C=O) groups is 1. The van der Waals surface area contributed by atoms with Crippen molar-refractivity contribution in [2.45, 2.75) is 19.9 Å². The first kappa shape index (κ1) is 21.9. The van der Waals surface area contributed by atoms with Gasteiger partial charge in [0.1, 0.15) is 23.9 Å². The first-order valence-electron chi connectivity index (χ1n) is 9.43. The number of aryl methyl sites for hydroxylation is 2. The number of aliphatic hydroxyl groups excluding tert-OH is 1. The van der Waals surface area contributed by atoms with Gasteiger partial charge in [-0.1, -0.05) is 41.7 Å². The molecule has 1 atom stereocenters. The number of amides is 1. The van der Waals surface area contributed by atoms with Gasteiger partial charge in [0.2, 0.25) is 0 Å². The number of aromatic nitrogens is 1. The highest BCUT2D eigenvalue weighted by molar-refractivity contribution is 5.93. The Morgan fingerprint density at radius 2 is 1.84 bits per heavy atom. The van der Waals surface area contributed by atoms with Gasteiger partial charge in [0, 0.05) is 5.56 Å². The predicted molar refractivity (Wildman–Crippen MR) is 111 cm³/mol. The molecule has 2 aromatic carbocycles. The van der Waals surface area contributed by atoms with Gasteiger partial charge in [-0.15, -0.1) is 0 Å². The molecule has 0 bridgehead atoms. The fourth-order valence-electron chi connectivity index (χ4n) is 3.06. The molecule has 0 spiro atoms. The number of pyridine rings is 1. The monoisotopic (exact) mass is 422 g/mol. The van der Waals surface area contributed by atoms with Gasteiger partial charge in [-0.3, -0.25) is 4.79 Å². The van der Waals surface area contributed by atoms with Gasteiger partial charge in [-0.25, -0.2) is 13.8 Å². The highest BCUT2D eigenvalue weighted by atomic mass is 19.1. The first-order chi connectivity index (χ1) is 14.8. The van der Waals surface area contributed by atoms with Crippen LogP contribution in [0.2, 0.25) is 0 Å². The molecule has 3 N–H and O–H groups in total. The Balaban J connectivity index is 2.04. The maximum atomic E-state index is 14.2. The molecular weight excluding hydrogens is 402 g/mol. The van der Waals surface area contributed by atoms with Gasteiger partial charge in [-0.2, -0.15) is 0 Å². The zero-order valence-electron chi connectivity index (χ0n) is 16.9. The minimum atomic E-state index is -0.886. The van der Waals surface area contributed by atoms with Crippen LogP contribution in [0.4, 0.5) is 8.78 Å². The Morgan fingerprint density at radius 3 is 2.52 bits per heavy atom. The molecule has 7 heteroatoms. The van der Waals surface area contributed by atoms with E-state index in [0.29, 0.717) is 5.56 Å². The van der Waals surface area contributed by atoms with E-state index in [1.165, 1.54) is 19.1 Å². The van der Waals surface area contributed by atoms with E-state index in [0.717, 1.165) is 17.7 Å². The van der Waals surface area contributed by atoms with Crippen molar-refractivity contribution >= 4 is 5.91 Å². The number of aromatic hydroxyl groups is 1. The molecule has 0 aliphatic rings. The number of nitrogens with one attached hydrogen (secondary N) is 1. The molecule has 1 heterocycles. The van der Waals surface area contributed by atoms with Gasteiger partial charge >= 0.3 is 0 Å². The molecule has 0 saturated carbocycles. The van der Waals surface area contributed by atoms with Crippen molar-refractivity contribution < 1.29 is 23.8 Å². The number of nitrogens with zero attached hydrogens (tertiary/aromatic N) is 1. The average molecular weight is 422 g/mol. The van der Waals surface area contributed by atoms with Crippen LogP contribution in [0, 0.1) is 37.3 Å². The third-order valence-electron chi connectivity index (χ3n) is 4.64. The summed E-state index contributed by atoms with van der Waals surface area (Å²) in [5.41, 5.74) is 1.55. The molecule has 3 aromatic rings. The number of hydrogen-bond donors (Lipinski definition) is 3. The number of phenols is 1. The molecule has 0 radical (unpaired) electrons. The summed E-state index contributed by atoms with van der Waals surface area (Å²) < 4.78 is 28.1. The third kappa shape index (κ3) is 5.05. The Bertz CT molecular complexity index is 1180. The largest absolute Gasteiger partial charge is 0.508 e. The van der Waals surface area contributed by atoms with Crippen LogP contribution in [-0.4, -0.2) is 27.7 Å². The minimum Gasteiger partial charge on any atom is -0.508 e. The Labute approximate surface area is 178 Å². The lowest BCUT2D eigenvalue weighted by atomic mass is 9.96. The van der Waals surface area contributed by atoms with Crippen molar-refractivity contribution in [1.29, 1.82) is 0 Å². The molecule has 0 saturated heterocycles. The molecule has 5 nitrogen and oxygen atoms in total. The Hall–Kier alpha value is -3.76. The van der Waals surface area contributed by atoms with Crippen LogP contribution in [0.5, 0.6) is 5.75 Å². The lowest BCUT2D eigenvalue weighted by Crippen LogP contribution is -2.30. The van der Waals surface area contributed by atoms with Gasteiger partial charge < -0.3 is 15.5 Å². The second-order valence-corrected chi connectivity index (χ2v) is 6.93. The minimum absolute atomic E-state index is 0.0321. The topological polar surface area (TPSA) is 82.5 Å². The number of aliphatic hydroxyl groups is 1. The number of rotatable bonds is 4. The molecule has 158 valence electrons. The van der Waals surface area contributed by atoms with E-state index >= 15 is 0 Å². The number of phenolic OH excluding ortho intramolecular Hbond substituents is 1. The Morgan fingerprint density at radius 1 is 1.13 bits per heavy atom. The Kier molecular flexibility index (Phi) is 6.63. The fourth-order valence-corrected chi connectivity index (χ4v) is 3.06.